The van der Waals surface area contributed by atoms with Gasteiger partial charge in [-0.05, 0) is 47.9 Å². The fourth-order valence-corrected chi connectivity index (χ4v) is 4.61. The first kappa shape index (κ1) is 19.8. The van der Waals surface area contributed by atoms with Crippen LogP contribution in [0.5, 0.6) is 5.75 Å². The normalized spacial score (nSPS) is 16.5. The molecule has 2 aromatic carbocycles. The predicted molar refractivity (Wildman–Crippen MR) is 117 cm³/mol. The summed E-state index contributed by atoms with van der Waals surface area (Å²) in [5.74, 6) is 1.58. The van der Waals surface area contributed by atoms with Crippen LogP contribution in [0.1, 0.15) is 34.4 Å². The van der Waals surface area contributed by atoms with Gasteiger partial charge in [0.15, 0.2) is 11.6 Å². The third-order valence-corrected chi connectivity index (χ3v) is 5.99. The Morgan fingerprint density at radius 2 is 1.94 bits per heavy atom. The summed E-state index contributed by atoms with van der Waals surface area (Å²) < 4.78 is 30.6. The van der Waals surface area contributed by atoms with Crippen LogP contribution in [0.3, 0.4) is 0 Å². The molecule has 0 bridgehead atoms. The number of nitrogens with zero attached hydrogens (tertiary/aromatic N) is 1. The Morgan fingerprint density at radius 1 is 1.10 bits per heavy atom. The zero-order valence-corrected chi connectivity index (χ0v) is 17.7. The smallest absolute Gasteiger partial charge is 0.165 e. The lowest BCUT2D eigenvalue weighted by Gasteiger charge is -2.35. The summed E-state index contributed by atoms with van der Waals surface area (Å²) in [6.45, 7) is 1.95. The van der Waals surface area contributed by atoms with Gasteiger partial charge < -0.3 is 18.9 Å². The van der Waals surface area contributed by atoms with Crippen LogP contribution in [0.2, 0.25) is 0 Å². The van der Waals surface area contributed by atoms with E-state index in [1.807, 2.05) is 24.3 Å². The number of benzene rings is 2. The van der Waals surface area contributed by atoms with Crippen molar-refractivity contribution in [3.8, 4) is 5.75 Å². The van der Waals surface area contributed by atoms with Crippen LogP contribution >= 0.6 is 0 Å². The van der Waals surface area contributed by atoms with Gasteiger partial charge in [0.25, 0.3) is 0 Å². The molecule has 0 fully saturated rings. The number of aromatic amines is 1. The highest BCUT2D eigenvalue weighted by atomic mass is 19.1. The summed E-state index contributed by atoms with van der Waals surface area (Å²) in [6.07, 6.45) is 0.930. The number of ether oxygens (including phenoxy) is 2. The van der Waals surface area contributed by atoms with Gasteiger partial charge in [0.1, 0.15) is 18.1 Å². The molecule has 2 aromatic heterocycles. The third kappa shape index (κ3) is 3.62. The van der Waals surface area contributed by atoms with E-state index in [0.29, 0.717) is 13.2 Å². The molecule has 0 radical (unpaired) electrons. The highest BCUT2D eigenvalue weighted by molar-refractivity contribution is 5.85. The maximum atomic E-state index is 14.1. The van der Waals surface area contributed by atoms with Crippen molar-refractivity contribution >= 4 is 10.9 Å². The minimum Gasteiger partial charge on any atom is -0.494 e. The number of aromatic nitrogens is 1. The molecule has 1 N–H and O–H groups in total. The predicted octanol–water partition coefficient (Wildman–Crippen LogP) is 5.20. The van der Waals surface area contributed by atoms with Crippen LogP contribution in [-0.4, -0.2) is 30.6 Å². The lowest BCUT2D eigenvalue weighted by Crippen LogP contribution is -2.35. The number of hydrogen-bond acceptors (Lipinski definition) is 4. The summed E-state index contributed by atoms with van der Waals surface area (Å²) in [5, 5.41) is 1.25. The van der Waals surface area contributed by atoms with Gasteiger partial charge in [0, 0.05) is 30.3 Å². The average Bonchev–Trinajstić information content (AvgIpc) is 3.38. The van der Waals surface area contributed by atoms with E-state index in [-0.39, 0.29) is 17.6 Å². The number of methoxy groups -OCH3 is 2. The monoisotopic (exact) mass is 420 g/mol. The van der Waals surface area contributed by atoms with Gasteiger partial charge in [-0.2, -0.15) is 0 Å². The van der Waals surface area contributed by atoms with Crippen molar-refractivity contribution in [3.05, 3.63) is 88.8 Å². The number of rotatable bonds is 6. The minimum absolute atomic E-state index is 0.0679. The first-order chi connectivity index (χ1) is 15.2. The van der Waals surface area contributed by atoms with Gasteiger partial charge in [-0.3, -0.25) is 4.90 Å². The number of nitrogens with one attached hydrogen (secondary N) is 1. The maximum Gasteiger partial charge on any atom is 0.165 e. The summed E-state index contributed by atoms with van der Waals surface area (Å²) in [6, 6.07) is 17.4. The van der Waals surface area contributed by atoms with E-state index >= 15 is 0 Å². The Hall–Kier alpha value is -3.09. The van der Waals surface area contributed by atoms with E-state index in [4.69, 9.17) is 13.9 Å². The Morgan fingerprint density at radius 3 is 2.77 bits per heavy atom. The second-order valence-corrected chi connectivity index (χ2v) is 7.88. The van der Waals surface area contributed by atoms with Crippen molar-refractivity contribution < 1.29 is 18.3 Å². The number of para-hydroxylation sites is 1. The molecule has 5 nitrogen and oxygen atoms in total. The highest BCUT2D eigenvalue weighted by Crippen LogP contribution is 2.40. The van der Waals surface area contributed by atoms with Gasteiger partial charge in [0.2, 0.25) is 0 Å². The van der Waals surface area contributed by atoms with Crippen molar-refractivity contribution in [2.24, 2.45) is 0 Å². The standard InChI is InChI=1S/C25H25FN2O3/c1-29-15-18-9-8-17(31-18)14-28-12-11-20-19-5-3-4-6-22(19)27-24(20)25(28)16-7-10-21(26)23(13-16)30-2/h3-10,13,25,27H,11-12,14-15H2,1-2H3. The van der Waals surface area contributed by atoms with E-state index < -0.39 is 0 Å². The van der Waals surface area contributed by atoms with Crippen LogP contribution in [0, 0.1) is 5.82 Å². The van der Waals surface area contributed by atoms with Gasteiger partial charge >= 0.3 is 0 Å². The molecule has 0 saturated heterocycles. The molecule has 31 heavy (non-hydrogen) atoms. The number of halogens is 1. The highest BCUT2D eigenvalue weighted by Gasteiger charge is 2.32. The van der Waals surface area contributed by atoms with Crippen LogP contribution in [0.15, 0.2) is 59.0 Å². The first-order valence-electron chi connectivity index (χ1n) is 10.4. The molecule has 4 aromatic rings. The molecule has 160 valence electrons. The van der Waals surface area contributed by atoms with Gasteiger partial charge in [-0.15, -0.1) is 0 Å². The van der Waals surface area contributed by atoms with Crippen molar-refractivity contribution in [1.82, 2.24) is 9.88 Å². The zero-order valence-electron chi connectivity index (χ0n) is 17.7. The molecule has 0 aliphatic carbocycles. The Balaban J connectivity index is 1.58. The number of hydrogen-bond donors (Lipinski definition) is 1. The van der Waals surface area contributed by atoms with Crippen molar-refractivity contribution in [3.63, 3.8) is 0 Å². The average molecular weight is 420 g/mol. The number of furan rings is 1. The molecule has 1 aliphatic heterocycles. The quantitative estimate of drug-likeness (QED) is 0.466. The van der Waals surface area contributed by atoms with Gasteiger partial charge in [0.05, 0.1) is 19.7 Å². The molecular weight excluding hydrogens is 395 g/mol. The maximum absolute atomic E-state index is 14.1. The fraction of sp³-hybridized carbons (Fsp3) is 0.280. The Kier molecular flexibility index (Phi) is 5.26. The largest absolute Gasteiger partial charge is 0.494 e. The Bertz CT molecular complexity index is 1210. The van der Waals surface area contributed by atoms with Crippen molar-refractivity contribution in [1.29, 1.82) is 0 Å². The molecule has 6 heteroatoms. The minimum atomic E-state index is -0.360. The topological polar surface area (TPSA) is 50.6 Å². The molecule has 3 heterocycles. The molecule has 1 unspecified atom stereocenters. The van der Waals surface area contributed by atoms with Crippen LogP contribution in [0.4, 0.5) is 4.39 Å². The molecule has 1 atom stereocenters. The van der Waals surface area contributed by atoms with Gasteiger partial charge in [-0.1, -0.05) is 24.3 Å². The molecule has 0 spiro atoms. The van der Waals surface area contributed by atoms with Gasteiger partial charge in [-0.25, -0.2) is 4.39 Å². The molecule has 5 rings (SSSR count). The number of H-pyrrole nitrogens is 1. The van der Waals surface area contributed by atoms with E-state index in [0.717, 1.165) is 41.3 Å². The van der Waals surface area contributed by atoms with Crippen LogP contribution in [-0.2, 0) is 24.3 Å². The van der Waals surface area contributed by atoms with Crippen molar-refractivity contribution in [2.45, 2.75) is 25.6 Å². The summed E-state index contributed by atoms with van der Waals surface area (Å²) in [5.41, 5.74) is 4.56. The van der Waals surface area contributed by atoms with Crippen LogP contribution < -0.4 is 4.74 Å². The zero-order chi connectivity index (χ0) is 21.4. The summed E-state index contributed by atoms with van der Waals surface area (Å²) in [7, 11) is 3.15. The third-order valence-electron chi connectivity index (χ3n) is 5.99. The lowest BCUT2D eigenvalue weighted by atomic mass is 9.92. The molecule has 1 aliphatic rings. The lowest BCUT2D eigenvalue weighted by molar-refractivity contribution is 0.153. The summed E-state index contributed by atoms with van der Waals surface area (Å²) in [4.78, 5) is 5.99. The second-order valence-electron chi connectivity index (χ2n) is 7.88. The summed E-state index contributed by atoms with van der Waals surface area (Å²) >= 11 is 0. The second kappa shape index (κ2) is 8.21. The van der Waals surface area contributed by atoms with E-state index in [9.17, 15) is 4.39 Å². The SMILES string of the molecule is COCc1ccc(CN2CCc3c([nH]c4ccccc34)C2c2ccc(F)c(OC)c2)o1. The van der Waals surface area contributed by atoms with Crippen molar-refractivity contribution in [2.75, 3.05) is 20.8 Å². The van der Waals surface area contributed by atoms with E-state index in [1.165, 1.54) is 24.1 Å². The molecule has 0 saturated carbocycles. The van der Waals surface area contributed by atoms with E-state index in [2.05, 4.69) is 28.1 Å². The molecular formula is C25H25FN2O3. The fourth-order valence-electron chi connectivity index (χ4n) is 4.61. The number of fused-ring (bicyclic) bond motifs is 3. The van der Waals surface area contributed by atoms with E-state index in [1.54, 1.807) is 13.2 Å². The Labute approximate surface area is 180 Å². The molecule has 0 amide bonds. The first-order valence-corrected chi connectivity index (χ1v) is 10.4. The van der Waals surface area contributed by atoms with Crippen LogP contribution in [0.25, 0.3) is 10.9 Å².